The molecule has 0 bridgehead atoms. The molecular formula is C14H14N4O. The molecule has 0 atom stereocenters. The smallest absolute Gasteiger partial charge is 0.137 e. The summed E-state index contributed by atoms with van der Waals surface area (Å²) in [5, 5.41) is 3.46. The maximum absolute atomic E-state index is 5.43. The molecule has 3 aromatic heterocycles. The number of fused-ring (bicyclic) bond motifs is 3. The SMILES string of the molecule is c1cc2c(ncc3cncc(N4CCOCC4)c32)[nH]1. The van der Waals surface area contributed by atoms with E-state index in [-0.39, 0.29) is 0 Å². The number of ether oxygens (including phenoxy) is 1. The van der Waals surface area contributed by atoms with Gasteiger partial charge in [-0.15, -0.1) is 0 Å². The second-order valence-electron chi connectivity index (χ2n) is 4.72. The summed E-state index contributed by atoms with van der Waals surface area (Å²) in [6, 6.07) is 2.08. The number of H-pyrrole nitrogens is 1. The van der Waals surface area contributed by atoms with E-state index in [2.05, 4.69) is 25.9 Å². The molecule has 1 fully saturated rings. The highest BCUT2D eigenvalue weighted by Gasteiger charge is 2.16. The third-order valence-corrected chi connectivity index (χ3v) is 3.63. The van der Waals surface area contributed by atoms with Crippen LogP contribution in [0.4, 0.5) is 5.69 Å². The molecule has 1 saturated heterocycles. The van der Waals surface area contributed by atoms with Crippen LogP contribution in [0.25, 0.3) is 21.8 Å². The van der Waals surface area contributed by atoms with Crippen LogP contribution in [0.3, 0.4) is 0 Å². The van der Waals surface area contributed by atoms with Crippen molar-refractivity contribution in [3.8, 4) is 0 Å². The number of aromatic nitrogens is 3. The zero-order chi connectivity index (χ0) is 12.7. The molecule has 0 aliphatic carbocycles. The van der Waals surface area contributed by atoms with Crippen LogP contribution in [0.1, 0.15) is 0 Å². The van der Waals surface area contributed by atoms with Crippen molar-refractivity contribution >= 4 is 27.5 Å². The number of hydrogen-bond donors (Lipinski definition) is 1. The van der Waals surface area contributed by atoms with Crippen LogP contribution < -0.4 is 4.90 Å². The fourth-order valence-electron chi connectivity index (χ4n) is 2.70. The third-order valence-electron chi connectivity index (χ3n) is 3.63. The number of nitrogens with one attached hydrogen (secondary N) is 1. The van der Waals surface area contributed by atoms with E-state index in [9.17, 15) is 0 Å². The summed E-state index contributed by atoms with van der Waals surface area (Å²) >= 11 is 0. The highest BCUT2D eigenvalue weighted by Crippen LogP contribution is 2.31. The topological polar surface area (TPSA) is 54.0 Å². The van der Waals surface area contributed by atoms with Crippen LogP contribution in [0.15, 0.2) is 30.9 Å². The number of pyridine rings is 2. The Hall–Kier alpha value is -2.14. The average molecular weight is 254 g/mol. The minimum Gasteiger partial charge on any atom is -0.378 e. The van der Waals surface area contributed by atoms with Crippen molar-refractivity contribution < 1.29 is 4.74 Å². The molecule has 1 aliphatic rings. The summed E-state index contributed by atoms with van der Waals surface area (Å²) in [7, 11) is 0. The van der Waals surface area contributed by atoms with Crippen molar-refractivity contribution in [3.63, 3.8) is 0 Å². The number of morpholine rings is 1. The second-order valence-corrected chi connectivity index (χ2v) is 4.72. The van der Waals surface area contributed by atoms with Gasteiger partial charge in [0.1, 0.15) is 5.65 Å². The van der Waals surface area contributed by atoms with Gasteiger partial charge in [0.2, 0.25) is 0 Å². The first-order valence-electron chi connectivity index (χ1n) is 6.46. The van der Waals surface area contributed by atoms with Gasteiger partial charge in [0.25, 0.3) is 0 Å². The summed E-state index contributed by atoms with van der Waals surface area (Å²) < 4.78 is 5.43. The Labute approximate surface area is 110 Å². The Morgan fingerprint density at radius 1 is 1.16 bits per heavy atom. The predicted octanol–water partition coefficient (Wildman–Crippen LogP) is 1.95. The van der Waals surface area contributed by atoms with Crippen LogP contribution >= 0.6 is 0 Å². The molecule has 1 N–H and O–H groups in total. The number of nitrogens with zero attached hydrogens (tertiary/aromatic N) is 3. The van der Waals surface area contributed by atoms with Gasteiger partial charge in [-0.05, 0) is 6.07 Å². The monoisotopic (exact) mass is 254 g/mol. The van der Waals surface area contributed by atoms with Gasteiger partial charge in [-0.2, -0.15) is 0 Å². The molecule has 0 spiro atoms. The van der Waals surface area contributed by atoms with Crippen molar-refractivity contribution in [2.24, 2.45) is 0 Å². The molecule has 5 nitrogen and oxygen atoms in total. The Morgan fingerprint density at radius 3 is 2.95 bits per heavy atom. The van der Waals surface area contributed by atoms with E-state index < -0.39 is 0 Å². The normalized spacial score (nSPS) is 16.3. The molecule has 19 heavy (non-hydrogen) atoms. The molecule has 4 rings (SSSR count). The molecule has 96 valence electrons. The Bertz CT molecular complexity index is 730. The van der Waals surface area contributed by atoms with Gasteiger partial charge < -0.3 is 14.6 Å². The minimum atomic E-state index is 0.776. The van der Waals surface area contributed by atoms with Gasteiger partial charge in [-0.25, -0.2) is 4.98 Å². The summed E-state index contributed by atoms with van der Waals surface area (Å²) in [6.07, 6.45) is 7.63. The first kappa shape index (κ1) is 10.8. The van der Waals surface area contributed by atoms with Crippen LogP contribution in [0, 0.1) is 0 Å². The van der Waals surface area contributed by atoms with Crippen LogP contribution in [0.5, 0.6) is 0 Å². The standard InChI is InChI=1S/C14H14N4O/c1-2-16-14-11(1)13-10(8-17-14)7-15-9-12(13)18-3-5-19-6-4-18/h1-2,7-9H,3-6H2,(H,16,17). The highest BCUT2D eigenvalue weighted by molar-refractivity contribution is 6.10. The summed E-state index contributed by atoms with van der Waals surface area (Å²) in [5.74, 6) is 0. The van der Waals surface area contributed by atoms with Crippen molar-refractivity contribution in [2.45, 2.75) is 0 Å². The third kappa shape index (κ3) is 1.66. The van der Waals surface area contributed by atoms with Crippen molar-refractivity contribution in [2.75, 3.05) is 31.2 Å². The number of rotatable bonds is 1. The van der Waals surface area contributed by atoms with E-state index in [1.165, 1.54) is 11.1 Å². The summed E-state index contributed by atoms with van der Waals surface area (Å²) in [6.45, 7) is 3.37. The molecule has 0 amide bonds. The summed E-state index contributed by atoms with van der Waals surface area (Å²) in [4.78, 5) is 14.3. The number of anilines is 1. The molecule has 4 heterocycles. The van der Waals surface area contributed by atoms with Gasteiger partial charge in [0, 0.05) is 47.8 Å². The maximum Gasteiger partial charge on any atom is 0.137 e. The average Bonchev–Trinajstić information content (AvgIpc) is 2.96. The highest BCUT2D eigenvalue weighted by atomic mass is 16.5. The molecule has 5 heteroatoms. The first-order valence-corrected chi connectivity index (χ1v) is 6.46. The van der Waals surface area contributed by atoms with Gasteiger partial charge in [0.15, 0.2) is 0 Å². The quantitative estimate of drug-likeness (QED) is 0.721. The van der Waals surface area contributed by atoms with E-state index >= 15 is 0 Å². The lowest BCUT2D eigenvalue weighted by Gasteiger charge is -2.29. The van der Waals surface area contributed by atoms with E-state index in [0.717, 1.165) is 42.7 Å². The van der Waals surface area contributed by atoms with Crippen molar-refractivity contribution in [1.29, 1.82) is 0 Å². The van der Waals surface area contributed by atoms with E-state index in [0.29, 0.717) is 0 Å². The number of hydrogen-bond acceptors (Lipinski definition) is 4. The van der Waals surface area contributed by atoms with E-state index in [4.69, 9.17) is 4.74 Å². The lowest BCUT2D eigenvalue weighted by Crippen LogP contribution is -2.36. The van der Waals surface area contributed by atoms with Gasteiger partial charge in [-0.3, -0.25) is 4.98 Å². The Balaban J connectivity index is 2.00. The molecule has 3 aromatic rings. The fourth-order valence-corrected chi connectivity index (χ4v) is 2.70. The van der Waals surface area contributed by atoms with Crippen LogP contribution in [0.2, 0.25) is 0 Å². The van der Waals surface area contributed by atoms with Gasteiger partial charge in [0.05, 0.1) is 25.1 Å². The van der Waals surface area contributed by atoms with Crippen molar-refractivity contribution in [3.05, 3.63) is 30.9 Å². The molecule has 0 saturated carbocycles. The van der Waals surface area contributed by atoms with E-state index in [1.807, 2.05) is 24.8 Å². The molecule has 0 unspecified atom stereocenters. The van der Waals surface area contributed by atoms with Gasteiger partial charge >= 0.3 is 0 Å². The van der Waals surface area contributed by atoms with E-state index in [1.54, 1.807) is 0 Å². The summed E-state index contributed by atoms with van der Waals surface area (Å²) in [5.41, 5.74) is 2.10. The van der Waals surface area contributed by atoms with Gasteiger partial charge in [-0.1, -0.05) is 0 Å². The molecular weight excluding hydrogens is 240 g/mol. The molecule has 0 radical (unpaired) electrons. The lowest BCUT2D eigenvalue weighted by atomic mass is 10.1. The molecule has 1 aliphatic heterocycles. The zero-order valence-electron chi connectivity index (χ0n) is 10.5. The first-order chi connectivity index (χ1) is 9.43. The predicted molar refractivity (Wildman–Crippen MR) is 74.4 cm³/mol. The zero-order valence-corrected chi connectivity index (χ0v) is 10.5. The van der Waals surface area contributed by atoms with Crippen LogP contribution in [-0.4, -0.2) is 41.3 Å². The minimum absolute atomic E-state index is 0.776. The maximum atomic E-state index is 5.43. The largest absolute Gasteiger partial charge is 0.378 e. The number of aromatic amines is 1. The second kappa shape index (κ2) is 4.20. The van der Waals surface area contributed by atoms with Crippen LogP contribution in [-0.2, 0) is 4.74 Å². The molecule has 0 aromatic carbocycles. The lowest BCUT2D eigenvalue weighted by molar-refractivity contribution is 0.123. The van der Waals surface area contributed by atoms with Crippen molar-refractivity contribution in [1.82, 2.24) is 15.0 Å². The fraction of sp³-hybridized carbons (Fsp3) is 0.286. The Morgan fingerprint density at radius 2 is 2.05 bits per heavy atom. The Kier molecular flexibility index (Phi) is 2.38.